The van der Waals surface area contributed by atoms with Crippen molar-refractivity contribution in [3.8, 4) is 0 Å². The molecular weight excluding hydrogens is 294 g/mol. The lowest BCUT2D eigenvalue weighted by Gasteiger charge is -2.19. The summed E-state index contributed by atoms with van der Waals surface area (Å²) >= 11 is 5.69. The van der Waals surface area contributed by atoms with Gasteiger partial charge in [0.1, 0.15) is 0 Å². The average molecular weight is 332 g/mol. The molecule has 0 aliphatic heterocycles. The van der Waals surface area contributed by atoms with Crippen LogP contribution in [0.15, 0.2) is 0 Å². The Morgan fingerprint density at radius 1 is 0.636 bits per heavy atom. The topological polar surface area (TPSA) is 20.3 Å². The second kappa shape index (κ2) is 17.1. The SMILES string of the molecule is CCCCCCCCCN(CCCCCCCCC)C(=O)Cl. The van der Waals surface area contributed by atoms with Gasteiger partial charge < -0.3 is 4.90 Å². The van der Waals surface area contributed by atoms with Crippen molar-refractivity contribution in [2.45, 2.75) is 104 Å². The molecule has 0 fully saturated rings. The van der Waals surface area contributed by atoms with Crippen LogP contribution in [0.5, 0.6) is 0 Å². The van der Waals surface area contributed by atoms with Crippen LogP contribution >= 0.6 is 11.6 Å². The first kappa shape index (κ1) is 21.8. The molecule has 0 aromatic carbocycles. The summed E-state index contributed by atoms with van der Waals surface area (Å²) < 4.78 is 0. The number of carbonyl (C=O) groups is 1. The van der Waals surface area contributed by atoms with E-state index in [0.29, 0.717) is 0 Å². The second-order valence-corrected chi connectivity index (χ2v) is 6.81. The van der Waals surface area contributed by atoms with Crippen molar-refractivity contribution in [2.24, 2.45) is 0 Å². The maximum atomic E-state index is 11.4. The van der Waals surface area contributed by atoms with Crippen molar-refractivity contribution in [1.82, 2.24) is 4.90 Å². The minimum atomic E-state index is -0.267. The van der Waals surface area contributed by atoms with Gasteiger partial charge in [0.2, 0.25) is 0 Å². The van der Waals surface area contributed by atoms with Gasteiger partial charge in [0.15, 0.2) is 0 Å². The van der Waals surface area contributed by atoms with E-state index in [0.717, 1.165) is 25.9 Å². The molecule has 0 bridgehead atoms. The van der Waals surface area contributed by atoms with Gasteiger partial charge in [-0.3, -0.25) is 4.79 Å². The van der Waals surface area contributed by atoms with Crippen LogP contribution in [0.2, 0.25) is 0 Å². The molecule has 0 spiro atoms. The molecule has 22 heavy (non-hydrogen) atoms. The zero-order valence-electron chi connectivity index (χ0n) is 15.0. The van der Waals surface area contributed by atoms with E-state index in [1.54, 1.807) is 0 Å². The molecule has 0 atom stereocenters. The van der Waals surface area contributed by atoms with Crippen LogP contribution in [-0.2, 0) is 0 Å². The summed E-state index contributed by atoms with van der Waals surface area (Å²) in [6.45, 7) is 6.17. The Balaban J connectivity index is 3.51. The molecular formula is C19H38ClNO. The van der Waals surface area contributed by atoms with Gasteiger partial charge in [0.25, 0.3) is 0 Å². The first-order valence-corrected chi connectivity index (χ1v) is 10.0. The largest absolute Gasteiger partial charge is 0.329 e. The fourth-order valence-electron chi connectivity index (χ4n) is 2.81. The predicted octanol–water partition coefficient (Wildman–Crippen LogP) is 7.15. The molecule has 0 aliphatic carbocycles. The number of carbonyl (C=O) groups excluding carboxylic acids is 1. The summed E-state index contributed by atoms with van der Waals surface area (Å²) in [4.78, 5) is 13.3. The van der Waals surface area contributed by atoms with Crippen molar-refractivity contribution in [1.29, 1.82) is 0 Å². The Morgan fingerprint density at radius 2 is 0.955 bits per heavy atom. The number of amides is 1. The summed E-state index contributed by atoms with van der Waals surface area (Å²) in [6.07, 6.45) is 17.9. The molecule has 2 nitrogen and oxygen atoms in total. The van der Waals surface area contributed by atoms with Gasteiger partial charge in [-0.05, 0) is 24.4 Å². The highest BCUT2D eigenvalue weighted by atomic mass is 35.5. The standard InChI is InChI=1S/C19H38ClNO/c1-3-5-7-9-11-13-15-17-21(19(20)22)18-16-14-12-10-8-6-4-2/h3-18H2,1-2H3. The Bertz CT molecular complexity index is 228. The maximum absolute atomic E-state index is 11.4. The normalized spacial score (nSPS) is 10.9. The number of nitrogens with zero attached hydrogens (tertiary/aromatic N) is 1. The molecule has 0 aromatic rings. The van der Waals surface area contributed by atoms with Gasteiger partial charge in [-0.25, -0.2) is 0 Å². The highest BCUT2D eigenvalue weighted by Gasteiger charge is 2.09. The molecule has 0 aromatic heterocycles. The monoisotopic (exact) mass is 331 g/mol. The molecule has 0 heterocycles. The Hall–Kier alpha value is -0.240. The lowest BCUT2D eigenvalue weighted by atomic mass is 10.1. The van der Waals surface area contributed by atoms with Crippen molar-refractivity contribution in [2.75, 3.05) is 13.1 Å². The summed E-state index contributed by atoms with van der Waals surface area (Å²) in [5.74, 6) is 0. The van der Waals surface area contributed by atoms with Crippen molar-refractivity contribution in [3.05, 3.63) is 0 Å². The van der Waals surface area contributed by atoms with E-state index in [1.165, 1.54) is 77.0 Å². The van der Waals surface area contributed by atoms with Crippen molar-refractivity contribution >= 4 is 17.0 Å². The molecule has 0 saturated heterocycles. The Morgan fingerprint density at radius 3 is 1.27 bits per heavy atom. The van der Waals surface area contributed by atoms with Crippen LogP contribution in [0.4, 0.5) is 4.79 Å². The highest BCUT2D eigenvalue weighted by molar-refractivity contribution is 6.62. The van der Waals surface area contributed by atoms with Gasteiger partial charge in [0.05, 0.1) is 0 Å². The molecule has 0 radical (unpaired) electrons. The van der Waals surface area contributed by atoms with Gasteiger partial charge in [-0.2, -0.15) is 0 Å². The summed E-state index contributed by atoms with van der Waals surface area (Å²) in [6, 6.07) is 0. The molecule has 0 rings (SSSR count). The third-order valence-corrected chi connectivity index (χ3v) is 4.55. The van der Waals surface area contributed by atoms with E-state index in [9.17, 15) is 4.79 Å². The van der Waals surface area contributed by atoms with Crippen LogP contribution in [0.3, 0.4) is 0 Å². The summed E-state index contributed by atoms with van der Waals surface area (Å²) in [5.41, 5.74) is 0. The number of halogens is 1. The van der Waals surface area contributed by atoms with E-state index >= 15 is 0 Å². The van der Waals surface area contributed by atoms with Gasteiger partial charge in [0, 0.05) is 13.1 Å². The molecule has 1 amide bonds. The van der Waals surface area contributed by atoms with E-state index in [1.807, 2.05) is 4.90 Å². The summed E-state index contributed by atoms with van der Waals surface area (Å²) in [7, 11) is 0. The maximum Gasteiger partial charge on any atom is 0.316 e. The minimum Gasteiger partial charge on any atom is -0.329 e. The first-order chi connectivity index (χ1) is 10.7. The van der Waals surface area contributed by atoms with Crippen LogP contribution in [-0.4, -0.2) is 23.4 Å². The molecule has 0 N–H and O–H groups in total. The number of rotatable bonds is 16. The van der Waals surface area contributed by atoms with E-state index in [2.05, 4.69) is 13.8 Å². The number of hydrogen-bond donors (Lipinski definition) is 0. The quantitative estimate of drug-likeness (QED) is 0.167. The molecule has 0 saturated carbocycles. The van der Waals surface area contributed by atoms with E-state index < -0.39 is 0 Å². The third kappa shape index (κ3) is 14.7. The van der Waals surface area contributed by atoms with Gasteiger partial charge >= 0.3 is 5.37 Å². The van der Waals surface area contributed by atoms with Crippen molar-refractivity contribution in [3.63, 3.8) is 0 Å². The Labute approximate surface area is 144 Å². The second-order valence-electron chi connectivity index (χ2n) is 6.48. The molecule has 0 aliphatic rings. The lowest BCUT2D eigenvalue weighted by Crippen LogP contribution is -2.28. The zero-order valence-corrected chi connectivity index (χ0v) is 15.8. The van der Waals surface area contributed by atoms with Gasteiger partial charge in [-0.15, -0.1) is 0 Å². The molecule has 132 valence electrons. The molecule has 0 unspecified atom stereocenters. The Kier molecular flexibility index (Phi) is 16.9. The van der Waals surface area contributed by atoms with Crippen LogP contribution in [0.1, 0.15) is 104 Å². The third-order valence-electron chi connectivity index (χ3n) is 4.31. The van der Waals surface area contributed by atoms with Crippen LogP contribution < -0.4 is 0 Å². The van der Waals surface area contributed by atoms with Crippen LogP contribution in [0.25, 0.3) is 0 Å². The lowest BCUT2D eigenvalue weighted by molar-refractivity contribution is 0.219. The zero-order chi connectivity index (χ0) is 16.5. The van der Waals surface area contributed by atoms with Crippen LogP contribution in [0, 0.1) is 0 Å². The number of unbranched alkanes of at least 4 members (excludes halogenated alkanes) is 12. The first-order valence-electron chi connectivity index (χ1n) is 9.66. The number of hydrogen-bond acceptors (Lipinski definition) is 1. The van der Waals surface area contributed by atoms with Gasteiger partial charge in [-0.1, -0.05) is 90.9 Å². The van der Waals surface area contributed by atoms with E-state index in [4.69, 9.17) is 11.6 Å². The predicted molar refractivity (Wildman–Crippen MR) is 98.8 cm³/mol. The van der Waals surface area contributed by atoms with E-state index in [-0.39, 0.29) is 5.37 Å². The molecule has 3 heteroatoms. The minimum absolute atomic E-state index is 0.267. The summed E-state index contributed by atoms with van der Waals surface area (Å²) in [5, 5.41) is -0.267. The average Bonchev–Trinajstić information content (AvgIpc) is 2.50. The highest BCUT2D eigenvalue weighted by Crippen LogP contribution is 2.11. The fraction of sp³-hybridized carbons (Fsp3) is 0.947. The fourth-order valence-corrected chi connectivity index (χ4v) is 2.98. The smallest absolute Gasteiger partial charge is 0.316 e. The van der Waals surface area contributed by atoms with Crippen molar-refractivity contribution < 1.29 is 4.79 Å².